The van der Waals surface area contributed by atoms with E-state index in [-0.39, 0.29) is 5.82 Å². The number of nitrogens with one attached hydrogen (secondary N) is 1. The standard InChI is InChI=1S/C13H14FNS/c1-10(13-3-2-8-16-13)15-9-11-4-6-12(14)7-5-11/h2-8,10,15H,9H2,1H3. The summed E-state index contributed by atoms with van der Waals surface area (Å²) in [6.45, 7) is 2.90. The predicted octanol–water partition coefficient (Wildman–Crippen LogP) is 3.74. The maximum Gasteiger partial charge on any atom is 0.123 e. The Bertz CT molecular complexity index is 422. The Labute approximate surface area is 98.9 Å². The number of benzene rings is 1. The Morgan fingerprint density at radius 3 is 2.62 bits per heavy atom. The van der Waals surface area contributed by atoms with Crippen LogP contribution in [0, 0.1) is 5.82 Å². The summed E-state index contributed by atoms with van der Waals surface area (Å²) in [7, 11) is 0. The molecule has 1 heterocycles. The molecule has 16 heavy (non-hydrogen) atoms. The Kier molecular flexibility index (Phi) is 3.70. The second-order valence-electron chi connectivity index (χ2n) is 3.74. The van der Waals surface area contributed by atoms with Crippen molar-refractivity contribution in [1.82, 2.24) is 5.32 Å². The van der Waals surface area contributed by atoms with Crippen molar-refractivity contribution < 1.29 is 4.39 Å². The van der Waals surface area contributed by atoms with Crippen molar-refractivity contribution in [3.8, 4) is 0 Å². The van der Waals surface area contributed by atoms with Crippen LogP contribution < -0.4 is 5.32 Å². The Morgan fingerprint density at radius 2 is 2.00 bits per heavy atom. The first-order valence-electron chi connectivity index (χ1n) is 5.27. The van der Waals surface area contributed by atoms with Crippen LogP contribution in [-0.2, 0) is 6.54 Å². The maximum absolute atomic E-state index is 12.7. The van der Waals surface area contributed by atoms with Gasteiger partial charge in [0.05, 0.1) is 0 Å². The molecule has 1 aromatic heterocycles. The van der Waals surface area contributed by atoms with E-state index in [1.165, 1.54) is 17.0 Å². The fourth-order valence-corrected chi connectivity index (χ4v) is 2.27. The van der Waals surface area contributed by atoms with Crippen molar-refractivity contribution in [3.05, 3.63) is 58.0 Å². The van der Waals surface area contributed by atoms with Crippen LogP contribution in [0.25, 0.3) is 0 Å². The molecular formula is C13H14FNS. The van der Waals surface area contributed by atoms with Crippen LogP contribution in [-0.4, -0.2) is 0 Å². The number of hydrogen-bond acceptors (Lipinski definition) is 2. The summed E-state index contributed by atoms with van der Waals surface area (Å²) in [4.78, 5) is 1.32. The molecule has 0 saturated carbocycles. The first-order chi connectivity index (χ1) is 7.75. The van der Waals surface area contributed by atoms with Crippen LogP contribution in [0.5, 0.6) is 0 Å². The largest absolute Gasteiger partial charge is 0.305 e. The van der Waals surface area contributed by atoms with Gasteiger partial charge in [0.15, 0.2) is 0 Å². The molecule has 0 saturated heterocycles. The SMILES string of the molecule is CC(NCc1ccc(F)cc1)c1cccs1. The number of halogens is 1. The van der Waals surface area contributed by atoms with Gasteiger partial charge in [-0.2, -0.15) is 0 Å². The molecule has 0 aliphatic carbocycles. The maximum atomic E-state index is 12.7. The van der Waals surface area contributed by atoms with Gasteiger partial charge >= 0.3 is 0 Å². The first kappa shape index (κ1) is 11.3. The van der Waals surface area contributed by atoms with Crippen LogP contribution in [0.2, 0.25) is 0 Å². The summed E-state index contributed by atoms with van der Waals surface area (Å²) in [5.74, 6) is -0.185. The molecule has 0 spiro atoms. The summed E-state index contributed by atoms with van der Waals surface area (Å²) in [6, 6.07) is 11.1. The van der Waals surface area contributed by atoms with Gasteiger partial charge in [0.25, 0.3) is 0 Å². The van der Waals surface area contributed by atoms with Gasteiger partial charge in [-0.15, -0.1) is 11.3 Å². The van der Waals surface area contributed by atoms with Crippen molar-refractivity contribution in [2.45, 2.75) is 19.5 Å². The Balaban J connectivity index is 1.90. The number of thiophene rings is 1. The molecule has 1 unspecified atom stereocenters. The van der Waals surface area contributed by atoms with Gasteiger partial charge in [-0.1, -0.05) is 18.2 Å². The molecular weight excluding hydrogens is 221 g/mol. The van der Waals surface area contributed by atoms with Crippen molar-refractivity contribution in [3.63, 3.8) is 0 Å². The average Bonchev–Trinajstić information content (AvgIpc) is 2.81. The third-order valence-corrected chi connectivity index (χ3v) is 3.55. The lowest BCUT2D eigenvalue weighted by Crippen LogP contribution is -2.17. The molecule has 1 nitrogen and oxygen atoms in total. The normalized spacial score (nSPS) is 12.6. The second-order valence-corrected chi connectivity index (χ2v) is 4.72. The van der Waals surface area contributed by atoms with Crippen LogP contribution in [0.1, 0.15) is 23.4 Å². The van der Waals surface area contributed by atoms with Crippen molar-refractivity contribution in [2.24, 2.45) is 0 Å². The van der Waals surface area contributed by atoms with Gasteiger partial charge in [-0.05, 0) is 36.1 Å². The van der Waals surface area contributed by atoms with E-state index >= 15 is 0 Å². The zero-order chi connectivity index (χ0) is 11.4. The van der Waals surface area contributed by atoms with Crippen molar-refractivity contribution in [1.29, 1.82) is 0 Å². The van der Waals surface area contributed by atoms with Gasteiger partial charge < -0.3 is 5.32 Å². The zero-order valence-electron chi connectivity index (χ0n) is 9.11. The van der Waals surface area contributed by atoms with Gasteiger partial charge in [0.2, 0.25) is 0 Å². The summed E-state index contributed by atoms with van der Waals surface area (Å²) < 4.78 is 12.7. The van der Waals surface area contributed by atoms with E-state index in [0.29, 0.717) is 6.04 Å². The first-order valence-corrected chi connectivity index (χ1v) is 6.15. The molecule has 0 bridgehead atoms. The molecule has 2 rings (SSSR count). The minimum absolute atomic E-state index is 0.185. The Morgan fingerprint density at radius 1 is 1.25 bits per heavy atom. The fraction of sp³-hybridized carbons (Fsp3) is 0.231. The van der Waals surface area contributed by atoms with E-state index < -0.39 is 0 Å². The van der Waals surface area contributed by atoms with Crippen molar-refractivity contribution >= 4 is 11.3 Å². The molecule has 84 valence electrons. The van der Waals surface area contributed by atoms with Gasteiger partial charge in [-0.3, -0.25) is 0 Å². The molecule has 0 aliphatic heterocycles. The summed E-state index contributed by atoms with van der Waals surface area (Å²) in [5.41, 5.74) is 1.10. The third kappa shape index (κ3) is 2.90. The van der Waals surface area contributed by atoms with E-state index in [1.807, 2.05) is 12.1 Å². The molecule has 0 fully saturated rings. The van der Waals surface area contributed by atoms with E-state index in [9.17, 15) is 4.39 Å². The van der Waals surface area contributed by atoms with Crippen LogP contribution in [0.3, 0.4) is 0 Å². The van der Waals surface area contributed by atoms with Gasteiger partial charge in [0, 0.05) is 17.5 Å². The predicted molar refractivity (Wildman–Crippen MR) is 66.0 cm³/mol. The van der Waals surface area contributed by atoms with Crippen LogP contribution in [0.4, 0.5) is 4.39 Å². The monoisotopic (exact) mass is 235 g/mol. The lowest BCUT2D eigenvalue weighted by Gasteiger charge is -2.11. The second kappa shape index (κ2) is 5.23. The molecule has 2 aromatic rings. The highest BCUT2D eigenvalue weighted by molar-refractivity contribution is 7.10. The van der Waals surface area contributed by atoms with Gasteiger partial charge in [0.1, 0.15) is 5.82 Å². The molecule has 1 N–H and O–H groups in total. The highest BCUT2D eigenvalue weighted by Gasteiger charge is 2.05. The minimum atomic E-state index is -0.185. The van der Waals surface area contributed by atoms with Gasteiger partial charge in [-0.25, -0.2) is 4.39 Å². The quantitative estimate of drug-likeness (QED) is 0.851. The van der Waals surface area contributed by atoms with E-state index in [0.717, 1.165) is 12.1 Å². The topological polar surface area (TPSA) is 12.0 Å². The smallest absolute Gasteiger partial charge is 0.123 e. The fourth-order valence-electron chi connectivity index (χ4n) is 1.51. The van der Waals surface area contributed by atoms with Crippen molar-refractivity contribution in [2.75, 3.05) is 0 Å². The minimum Gasteiger partial charge on any atom is -0.305 e. The molecule has 1 aromatic carbocycles. The summed E-state index contributed by atoms with van der Waals surface area (Å²) in [6.07, 6.45) is 0. The molecule has 0 radical (unpaired) electrons. The summed E-state index contributed by atoms with van der Waals surface area (Å²) in [5, 5.41) is 5.48. The zero-order valence-corrected chi connectivity index (χ0v) is 9.93. The van der Waals surface area contributed by atoms with E-state index in [4.69, 9.17) is 0 Å². The average molecular weight is 235 g/mol. The molecule has 0 amide bonds. The molecule has 0 aliphatic rings. The summed E-state index contributed by atoms with van der Waals surface area (Å²) >= 11 is 1.75. The Hall–Kier alpha value is -1.19. The highest BCUT2D eigenvalue weighted by atomic mass is 32.1. The lowest BCUT2D eigenvalue weighted by atomic mass is 10.2. The molecule has 1 atom stereocenters. The highest BCUT2D eigenvalue weighted by Crippen LogP contribution is 2.18. The van der Waals surface area contributed by atoms with E-state index in [2.05, 4.69) is 29.8 Å². The third-order valence-electron chi connectivity index (χ3n) is 2.50. The number of rotatable bonds is 4. The number of hydrogen-bond donors (Lipinski definition) is 1. The van der Waals surface area contributed by atoms with Crippen LogP contribution in [0.15, 0.2) is 41.8 Å². The lowest BCUT2D eigenvalue weighted by molar-refractivity contribution is 0.580. The van der Waals surface area contributed by atoms with E-state index in [1.54, 1.807) is 11.3 Å². The van der Waals surface area contributed by atoms with Crippen LogP contribution >= 0.6 is 11.3 Å². The molecule has 3 heteroatoms.